The van der Waals surface area contributed by atoms with Gasteiger partial charge in [0.2, 0.25) is 5.91 Å². The van der Waals surface area contributed by atoms with Crippen molar-refractivity contribution < 1.29 is 24.2 Å². The topological polar surface area (TPSA) is 90.4 Å². The molecule has 2 heterocycles. The number of carbonyl (C=O) groups excluding carboxylic acids is 3. The third kappa shape index (κ3) is 7.46. The van der Waals surface area contributed by atoms with Crippen LogP contribution in [-0.2, 0) is 33.7 Å². The zero-order chi connectivity index (χ0) is 31.9. The van der Waals surface area contributed by atoms with Crippen LogP contribution in [-0.4, -0.2) is 78.1 Å². The number of hydrogen-bond acceptors (Lipinski definition) is 6. The van der Waals surface area contributed by atoms with Crippen molar-refractivity contribution >= 4 is 35.1 Å². The van der Waals surface area contributed by atoms with Crippen molar-refractivity contribution in [2.24, 2.45) is 0 Å². The summed E-state index contributed by atoms with van der Waals surface area (Å²) in [5.74, 6) is -0.188. The lowest BCUT2D eigenvalue weighted by molar-refractivity contribution is -0.118. The van der Waals surface area contributed by atoms with E-state index in [9.17, 15) is 14.4 Å². The number of aliphatic hydroxyl groups is 1. The predicted octanol–water partition coefficient (Wildman–Crippen LogP) is 5.28. The molecule has 1 fully saturated rings. The van der Waals surface area contributed by atoms with Crippen molar-refractivity contribution in [2.45, 2.75) is 44.7 Å². The average Bonchev–Trinajstić information content (AvgIpc) is 3.66. The van der Waals surface area contributed by atoms with Gasteiger partial charge in [0.15, 0.2) is 5.78 Å². The smallest absolute Gasteiger partial charge is 0.409 e. The van der Waals surface area contributed by atoms with Crippen molar-refractivity contribution in [3.05, 3.63) is 113 Å². The minimum absolute atomic E-state index is 0.0998. The van der Waals surface area contributed by atoms with Gasteiger partial charge in [-0.2, -0.15) is 0 Å². The van der Waals surface area contributed by atoms with E-state index in [1.165, 1.54) is 22.8 Å². The number of hydrogen-bond donors (Lipinski definition) is 1. The largest absolute Gasteiger partial charge is 0.448 e. The number of rotatable bonds is 12. The molecule has 8 heteroatoms. The summed E-state index contributed by atoms with van der Waals surface area (Å²) >= 11 is 0. The molecule has 0 aromatic heterocycles. The normalized spacial score (nSPS) is 16.2. The van der Waals surface area contributed by atoms with Crippen molar-refractivity contribution in [1.82, 2.24) is 9.80 Å². The van der Waals surface area contributed by atoms with Gasteiger partial charge >= 0.3 is 6.09 Å². The fourth-order valence-electron chi connectivity index (χ4n) is 6.71. The van der Waals surface area contributed by atoms with E-state index in [1.807, 2.05) is 53.4 Å². The van der Waals surface area contributed by atoms with Gasteiger partial charge in [0.25, 0.3) is 0 Å². The van der Waals surface area contributed by atoms with Crippen molar-refractivity contribution in [3.8, 4) is 0 Å². The van der Waals surface area contributed by atoms with Crippen LogP contribution in [0.3, 0.4) is 0 Å². The van der Waals surface area contributed by atoms with E-state index < -0.39 is 6.61 Å². The number of fused-ring (bicyclic) bond motifs is 2. The Bertz CT molecular complexity index is 1620. The third-order valence-electron chi connectivity index (χ3n) is 9.21. The first-order valence-corrected chi connectivity index (χ1v) is 16.2. The Balaban J connectivity index is 1.02. The lowest BCUT2D eigenvalue weighted by Crippen LogP contribution is -2.48. The molecule has 1 N–H and O–H groups in total. The lowest BCUT2D eigenvalue weighted by Gasteiger charge is -2.36. The van der Waals surface area contributed by atoms with Gasteiger partial charge in [-0.3, -0.25) is 14.5 Å². The van der Waals surface area contributed by atoms with Gasteiger partial charge in [-0.05, 0) is 71.2 Å². The van der Waals surface area contributed by atoms with Gasteiger partial charge in [-0.25, -0.2) is 4.79 Å². The summed E-state index contributed by atoms with van der Waals surface area (Å²) < 4.78 is 5.79. The summed E-state index contributed by atoms with van der Waals surface area (Å²) in [5, 5.41) is 8.95. The number of para-hydroxylation sites is 1. The number of amides is 2. The maximum absolute atomic E-state index is 13.1. The van der Waals surface area contributed by atoms with Crippen LogP contribution in [0.5, 0.6) is 0 Å². The first kappa shape index (κ1) is 31.5. The number of allylic oxidation sites excluding steroid dienone is 1. The number of aliphatic hydroxyl groups excluding tert-OH is 1. The zero-order valence-electron chi connectivity index (χ0n) is 26.1. The molecule has 3 aromatic rings. The summed E-state index contributed by atoms with van der Waals surface area (Å²) in [6.45, 7) is 3.04. The molecule has 3 aromatic carbocycles. The average molecular weight is 620 g/mol. The maximum atomic E-state index is 13.1. The Hall–Kier alpha value is -4.53. The third-order valence-corrected chi connectivity index (χ3v) is 9.21. The Labute approximate surface area is 270 Å². The van der Waals surface area contributed by atoms with E-state index in [1.54, 1.807) is 11.0 Å². The van der Waals surface area contributed by atoms with E-state index in [0.717, 1.165) is 54.6 Å². The van der Waals surface area contributed by atoms with E-state index in [4.69, 9.17) is 9.84 Å². The molecule has 46 heavy (non-hydrogen) atoms. The van der Waals surface area contributed by atoms with Crippen molar-refractivity contribution in [2.75, 3.05) is 44.3 Å². The molecule has 2 amide bonds. The molecule has 0 spiro atoms. The molecule has 3 aliphatic rings. The van der Waals surface area contributed by atoms with Gasteiger partial charge in [0.05, 0.1) is 6.42 Å². The molecular formula is C38H41N3O5. The molecule has 0 saturated carbocycles. The quantitative estimate of drug-likeness (QED) is 0.278. The molecule has 0 unspecified atom stereocenters. The zero-order valence-corrected chi connectivity index (χ0v) is 26.1. The Kier molecular flexibility index (Phi) is 10.1. The summed E-state index contributed by atoms with van der Waals surface area (Å²) in [6, 6.07) is 24.6. The highest BCUT2D eigenvalue weighted by Crippen LogP contribution is 2.33. The van der Waals surface area contributed by atoms with Gasteiger partial charge in [0, 0.05) is 44.5 Å². The molecule has 0 bridgehead atoms. The van der Waals surface area contributed by atoms with Crippen LogP contribution in [0.25, 0.3) is 11.6 Å². The summed E-state index contributed by atoms with van der Waals surface area (Å²) in [7, 11) is 0. The molecule has 6 rings (SSSR count). The second-order valence-corrected chi connectivity index (χ2v) is 12.2. The van der Waals surface area contributed by atoms with Gasteiger partial charge in [-0.15, -0.1) is 0 Å². The predicted molar refractivity (Wildman–Crippen MR) is 179 cm³/mol. The maximum Gasteiger partial charge on any atom is 0.409 e. The highest BCUT2D eigenvalue weighted by Gasteiger charge is 2.35. The van der Waals surface area contributed by atoms with Crippen LogP contribution in [0, 0.1) is 0 Å². The van der Waals surface area contributed by atoms with E-state index in [2.05, 4.69) is 35.2 Å². The highest BCUT2D eigenvalue weighted by molar-refractivity contribution is 6.02. The minimum atomic E-state index is -0.498. The Morgan fingerprint density at radius 1 is 0.935 bits per heavy atom. The number of piperidine rings is 1. The SMILES string of the molecule is O=C(/C=C/c1ccc(CN(CCOC(=O)N2CCC(N3C(=O)Cc4ccccc43)CC2)CCC2=CCc3ccccc32)cc1)CO. The minimum Gasteiger partial charge on any atom is -0.448 e. The summed E-state index contributed by atoms with van der Waals surface area (Å²) in [5.41, 5.74) is 8.14. The molecular weight excluding hydrogens is 578 g/mol. The van der Waals surface area contributed by atoms with Crippen LogP contribution in [0.15, 0.2) is 84.9 Å². The monoisotopic (exact) mass is 619 g/mol. The summed E-state index contributed by atoms with van der Waals surface area (Å²) in [6.07, 6.45) is 8.89. The number of benzene rings is 3. The van der Waals surface area contributed by atoms with E-state index >= 15 is 0 Å². The van der Waals surface area contributed by atoms with Crippen LogP contribution in [0.2, 0.25) is 0 Å². The first-order chi connectivity index (χ1) is 22.5. The molecule has 0 radical (unpaired) electrons. The first-order valence-electron chi connectivity index (χ1n) is 16.2. The lowest BCUT2D eigenvalue weighted by atomic mass is 10.0. The number of ketones is 1. The fraction of sp³-hybridized carbons (Fsp3) is 0.342. The van der Waals surface area contributed by atoms with E-state index in [0.29, 0.717) is 32.6 Å². The molecule has 238 valence electrons. The highest BCUT2D eigenvalue weighted by atomic mass is 16.6. The molecule has 2 aliphatic heterocycles. The van der Waals surface area contributed by atoms with Crippen molar-refractivity contribution in [1.29, 1.82) is 0 Å². The van der Waals surface area contributed by atoms with Gasteiger partial charge < -0.3 is 19.6 Å². The number of carbonyl (C=O) groups is 3. The number of likely N-dealkylation sites (tertiary alicyclic amines) is 1. The van der Waals surface area contributed by atoms with Crippen LogP contribution in [0.1, 0.15) is 47.1 Å². The second-order valence-electron chi connectivity index (χ2n) is 12.2. The number of anilines is 1. The van der Waals surface area contributed by atoms with Crippen LogP contribution >= 0.6 is 0 Å². The molecule has 1 aliphatic carbocycles. The molecule has 1 saturated heterocycles. The Morgan fingerprint density at radius 3 is 2.46 bits per heavy atom. The second kappa shape index (κ2) is 14.7. The molecule has 0 atom stereocenters. The summed E-state index contributed by atoms with van der Waals surface area (Å²) in [4.78, 5) is 43.2. The van der Waals surface area contributed by atoms with Crippen LogP contribution < -0.4 is 4.90 Å². The van der Waals surface area contributed by atoms with E-state index in [-0.39, 0.29) is 30.4 Å². The standard InChI is InChI=1S/C38H41N3O5/c42-27-34(43)16-13-28-9-11-29(12-10-28)26-39(20-17-31-15-14-30-5-1-3-7-35(30)31)23-24-46-38(45)40-21-18-33(19-22-40)41-36-8-4-2-6-32(36)25-37(41)44/h1-13,15-16,33,42H,14,17-27H2/b16-13+. The van der Waals surface area contributed by atoms with Crippen molar-refractivity contribution in [3.63, 3.8) is 0 Å². The van der Waals surface area contributed by atoms with Gasteiger partial charge in [0.1, 0.15) is 13.2 Å². The Morgan fingerprint density at radius 2 is 1.67 bits per heavy atom. The number of ether oxygens (including phenoxy) is 1. The number of nitrogens with zero attached hydrogens (tertiary/aromatic N) is 3. The van der Waals surface area contributed by atoms with Gasteiger partial charge in [-0.1, -0.05) is 78.9 Å². The molecule has 8 nitrogen and oxygen atoms in total. The van der Waals surface area contributed by atoms with Crippen LogP contribution in [0.4, 0.5) is 10.5 Å². The fourth-order valence-corrected chi connectivity index (χ4v) is 6.71.